The van der Waals surface area contributed by atoms with Crippen molar-refractivity contribution in [2.45, 2.75) is 59.2 Å². The minimum atomic E-state index is -3.86. The Balaban J connectivity index is 2.12. The first-order chi connectivity index (χ1) is 19.3. The first-order valence-electron chi connectivity index (χ1n) is 13.4. The van der Waals surface area contributed by atoms with Crippen molar-refractivity contribution >= 4 is 50.7 Å². The van der Waals surface area contributed by atoms with Crippen LogP contribution in [0.2, 0.25) is 10.0 Å². The molecule has 3 aromatic carbocycles. The second-order valence-electron chi connectivity index (χ2n) is 10.3. The summed E-state index contributed by atoms with van der Waals surface area (Å²) in [5.74, 6) is -0.873. The Morgan fingerprint density at radius 2 is 1.66 bits per heavy atom. The van der Waals surface area contributed by atoms with Crippen molar-refractivity contribution in [1.82, 2.24) is 10.2 Å². The molecule has 2 amide bonds. The third-order valence-corrected chi connectivity index (χ3v) is 8.87. The van der Waals surface area contributed by atoms with Crippen molar-refractivity contribution in [3.05, 3.63) is 99.0 Å². The van der Waals surface area contributed by atoms with Crippen LogP contribution in [0.25, 0.3) is 0 Å². The molecule has 0 aromatic heterocycles. The Bertz CT molecular complexity index is 1480. The summed E-state index contributed by atoms with van der Waals surface area (Å²) in [4.78, 5) is 29.4. The zero-order chi connectivity index (χ0) is 30.3. The number of anilines is 1. The molecule has 7 nitrogen and oxygen atoms in total. The lowest BCUT2D eigenvalue weighted by atomic mass is 10.0. The standard InChI is InChI=1S/C31H37Cl2N3O4S/c1-6-22(3)34-31(38)29(17-24-12-8-7-9-13-24)35(19-25-15-16-26(32)18-27(25)33)30(37)20-36(41(5,39)40)28-14-10-11-21(2)23(28)4/h7-16,18,22,29H,6,17,19-20H2,1-5H3,(H,34,38)/t22-,29-/m1/s1. The quantitative estimate of drug-likeness (QED) is 0.273. The summed E-state index contributed by atoms with van der Waals surface area (Å²) in [6, 6.07) is 18.6. The van der Waals surface area contributed by atoms with Gasteiger partial charge in [0.25, 0.3) is 0 Å². The topological polar surface area (TPSA) is 86.8 Å². The van der Waals surface area contributed by atoms with E-state index < -0.39 is 28.5 Å². The summed E-state index contributed by atoms with van der Waals surface area (Å²) >= 11 is 12.6. The first kappa shape index (κ1) is 32.4. The van der Waals surface area contributed by atoms with Gasteiger partial charge in [0, 0.05) is 29.1 Å². The highest BCUT2D eigenvalue weighted by molar-refractivity contribution is 7.92. The number of benzene rings is 3. The molecule has 0 saturated heterocycles. The van der Waals surface area contributed by atoms with Crippen LogP contribution in [-0.2, 0) is 32.6 Å². The first-order valence-corrected chi connectivity index (χ1v) is 16.0. The molecule has 220 valence electrons. The van der Waals surface area contributed by atoms with Crippen molar-refractivity contribution < 1.29 is 18.0 Å². The van der Waals surface area contributed by atoms with E-state index >= 15 is 0 Å². The monoisotopic (exact) mass is 617 g/mol. The molecule has 0 spiro atoms. The Morgan fingerprint density at radius 3 is 2.27 bits per heavy atom. The minimum absolute atomic E-state index is 0.0232. The van der Waals surface area contributed by atoms with E-state index in [2.05, 4.69) is 5.32 Å². The van der Waals surface area contributed by atoms with E-state index in [9.17, 15) is 18.0 Å². The number of hydrogen-bond acceptors (Lipinski definition) is 4. The highest BCUT2D eigenvalue weighted by atomic mass is 35.5. The average Bonchev–Trinajstić information content (AvgIpc) is 2.91. The molecule has 0 heterocycles. The molecule has 0 aliphatic rings. The van der Waals surface area contributed by atoms with E-state index in [4.69, 9.17) is 23.2 Å². The van der Waals surface area contributed by atoms with Crippen LogP contribution in [0.3, 0.4) is 0 Å². The van der Waals surface area contributed by atoms with Crippen LogP contribution in [0.1, 0.15) is 42.5 Å². The normalized spacial score (nSPS) is 12.9. The summed E-state index contributed by atoms with van der Waals surface area (Å²) in [5.41, 5.74) is 3.48. The largest absolute Gasteiger partial charge is 0.352 e. The zero-order valence-electron chi connectivity index (χ0n) is 24.0. The van der Waals surface area contributed by atoms with Crippen molar-refractivity contribution in [3.63, 3.8) is 0 Å². The van der Waals surface area contributed by atoms with Gasteiger partial charge in [-0.05, 0) is 67.6 Å². The van der Waals surface area contributed by atoms with Gasteiger partial charge < -0.3 is 10.2 Å². The maximum Gasteiger partial charge on any atom is 0.244 e. The Kier molecular flexibility index (Phi) is 11.2. The number of hydrogen-bond donors (Lipinski definition) is 1. The van der Waals surface area contributed by atoms with E-state index in [0.29, 0.717) is 27.7 Å². The maximum atomic E-state index is 14.2. The van der Waals surface area contributed by atoms with E-state index in [1.165, 1.54) is 4.90 Å². The van der Waals surface area contributed by atoms with E-state index in [-0.39, 0.29) is 24.9 Å². The van der Waals surface area contributed by atoms with Crippen LogP contribution in [0.15, 0.2) is 66.7 Å². The van der Waals surface area contributed by atoms with E-state index in [0.717, 1.165) is 27.3 Å². The molecular weight excluding hydrogens is 581 g/mol. The van der Waals surface area contributed by atoms with Gasteiger partial charge >= 0.3 is 0 Å². The second-order valence-corrected chi connectivity index (χ2v) is 13.0. The molecule has 1 N–H and O–H groups in total. The number of nitrogens with one attached hydrogen (secondary N) is 1. The van der Waals surface area contributed by atoms with Gasteiger partial charge in [-0.15, -0.1) is 0 Å². The lowest BCUT2D eigenvalue weighted by molar-refractivity contribution is -0.140. The van der Waals surface area contributed by atoms with Crippen molar-refractivity contribution in [2.75, 3.05) is 17.1 Å². The predicted molar refractivity (Wildman–Crippen MR) is 167 cm³/mol. The van der Waals surface area contributed by atoms with E-state index in [1.54, 1.807) is 30.3 Å². The van der Waals surface area contributed by atoms with Crippen LogP contribution in [0.5, 0.6) is 0 Å². The number of sulfonamides is 1. The molecular formula is C31H37Cl2N3O4S. The molecule has 0 fully saturated rings. The number of aryl methyl sites for hydroxylation is 1. The van der Waals surface area contributed by atoms with Crippen molar-refractivity contribution in [3.8, 4) is 0 Å². The van der Waals surface area contributed by atoms with Gasteiger partial charge in [-0.25, -0.2) is 8.42 Å². The number of carbonyl (C=O) groups is 2. The van der Waals surface area contributed by atoms with Gasteiger partial charge in [0.1, 0.15) is 12.6 Å². The average molecular weight is 619 g/mol. The fraction of sp³-hybridized carbons (Fsp3) is 0.355. The lowest BCUT2D eigenvalue weighted by Crippen LogP contribution is -2.54. The Hall–Kier alpha value is -3.07. The molecule has 0 saturated carbocycles. The second kappa shape index (κ2) is 14.2. The lowest BCUT2D eigenvalue weighted by Gasteiger charge is -2.34. The van der Waals surface area contributed by atoms with Gasteiger partial charge in [-0.2, -0.15) is 0 Å². The molecule has 2 atom stereocenters. The molecule has 41 heavy (non-hydrogen) atoms. The molecule has 3 rings (SSSR count). The molecule has 0 radical (unpaired) electrons. The van der Waals surface area contributed by atoms with Crippen LogP contribution < -0.4 is 9.62 Å². The number of rotatable bonds is 12. The van der Waals surface area contributed by atoms with Gasteiger partial charge in [-0.3, -0.25) is 13.9 Å². The molecule has 0 aliphatic heterocycles. The van der Waals surface area contributed by atoms with Crippen LogP contribution >= 0.6 is 23.2 Å². The summed E-state index contributed by atoms with van der Waals surface area (Å²) in [5, 5.41) is 3.78. The van der Waals surface area contributed by atoms with Gasteiger partial charge in [-0.1, -0.05) is 78.7 Å². The minimum Gasteiger partial charge on any atom is -0.352 e. The summed E-state index contributed by atoms with van der Waals surface area (Å²) in [6.45, 7) is 7.04. The van der Waals surface area contributed by atoms with Gasteiger partial charge in [0.05, 0.1) is 11.9 Å². The fourth-order valence-electron chi connectivity index (χ4n) is 4.43. The number of nitrogens with zero attached hydrogens (tertiary/aromatic N) is 2. The van der Waals surface area contributed by atoms with Gasteiger partial charge in [0.2, 0.25) is 21.8 Å². The Labute approximate surface area is 253 Å². The predicted octanol–water partition coefficient (Wildman–Crippen LogP) is 5.93. The number of halogens is 2. The highest BCUT2D eigenvalue weighted by Crippen LogP contribution is 2.27. The smallest absolute Gasteiger partial charge is 0.244 e. The zero-order valence-corrected chi connectivity index (χ0v) is 26.4. The van der Waals surface area contributed by atoms with Crippen LogP contribution in [-0.4, -0.2) is 50.0 Å². The molecule has 0 aliphatic carbocycles. The molecule has 0 unspecified atom stereocenters. The maximum absolute atomic E-state index is 14.2. The number of carbonyl (C=O) groups excluding carboxylic acids is 2. The van der Waals surface area contributed by atoms with Gasteiger partial charge in [0.15, 0.2) is 0 Å². The third-order valence-electron chi connectivity index (χ3n) is 7.15. The third kappa shape index (κ3) is 8.71. The fourth-order valence-corrected chi connectivity index (χ4v) is 5.80. The SMILES string of the molecule is CC[C@@H](C)NC(=O)[C@@H](Cc1ccccc1)N(Cc1ccc(Cl)cc1Cl)C(=O)CN(c1cccc(C)c1C)S(C)(=O)=O. The molecule has 0 bridgehead atoms. The summed E-state index contributed by atoms with van der Waals surface area (Å²) in [6.07, 6.45) is 2.00. The Morgan fingerprint density at radius 1 is 0.976 bits per heavy atom. The molecule has 10 heteroatoms. The molecule has 3 aromatic rings. The van der Waals surface area contributed by atoms with Crippen molar-refractivity contribution in [2.24, 2.45) is 0 Å². The van der Waals surface area contributed by atoms with Crippen LogP contribution in [0.4, 0.5) is 5.69 Å². The number of amides is 2. The van der Waals surface area contributed by atoms with Crippen LogP contribution in [0, 0.1) is 13.8 Å². The summed E-state index contributed by atoms with van der Waals surface area (Å²) < 4.78 is 27.1. The summed E-state index contributed by atoms with van der Waals surface area (Å²) in [7, 11) is -3.86. The van der Waals surface area contributed by atoms with Crippen molar-refractivity contribution in [1.29, 1.82) is 0 Å². The van der Waals surface area contributed by atoms with E-state index in [1.807, 2.05) is 64.1 Å². The highest BCUT2D eigenvalue weighted by Gasteiger charge is 2.34.